The Morgan fingerprint density at radius 3 is 2.55 bits per heavy atom. The Balaban J connectivity index is 3.01. The lowest BCUT2D eigenvalue weighted by Gasteiger charge is -2.16. The number of nitrogen functional groups attached to an aromatic ring is 1. The molecular weight excluding hydrogens is 316 g/mol. The molecule has 0 bridgehead atoms. The first-order chi connectivity index (χ1) is 10.1. The monoisotopic (exact) mass is 332 g/mol. The zero-order chi connectivity index (χ0) is 16.9. The van der Waals surface area contributed by atoms with Crippen molar-refractivity contribution in [3.05, 3.63) is 5.82 Å². The van der Waals surface area contributed by atoms with Gasteiger partial charge in [-0.1, -0.05) is 5.16 Å². The van der Waals surface area contributed by atoms with Gasteiger partial charge in [-0.25, -0.2) is 4.79 Å². The molecule has 1 heterocycles. The van der Waals surface area contributed by atoms with Gasteiger partial charge in [0.2, 0.25) is 11.4 Å². The molecule has 1 aromatic rings. The quantitative estimate of drug-likeness (QED) is 0.275. The summed E-state index contributed by atoms with van der Waals surface area (Å²) in [5.74, 6) is -2.02. The highest BCUT2D eigenvalue weighted by Crippen LogP contribution is 2.14. The standard InChI is InChI=1S/C11H16N4O6S/c1-11(2,9(19)20)21-14-7(5(16)3-4-6(17)18)8-13-10(12)22-15-8/h6,17-18H,3-4H2,1-2H3,(H,19,20)(H2,12,13,15)/b14-7+. The minimum Gasteiger partial charge on any atom is -0.478 e. The maximum Gasteiger partial charge on any atom is 0.350 e. The van der Waals surface area contributed by atoms with Crippen LogP contribution in [0, 0.1) is 0 Å². The summed E-state index contributed by atoms with van der Waals surface area (Å²) < 4.78 is 3.81. The Morgan fingerprint density at radius 1 is 1.45 bits per heavy atom. The third kappa shape index (κ3) is 5.02. The Labute approximate surface area is 129 Å². The summed E-state index contributed by atoms with van der Waals surface area (Å²) >= 11 is 0.827. The molecular formula is C11H16N4O6S. The van der Waals surface area contributed by atoms with E-state index in [2.05, 4.69) is 14.5 Å². The van der Waals surface area contributed by atoms with E-state index in [4.69, 9.17) is 25.9 Å². The van der Waals surface area contributed by atoms with Gasteiger partial charge in [-0.15, -0.1) is 0 Å². The molecule has 0 aliphatic heterocycles. The van der Waals surface area contributed by atoms with Crippen LogP contribution in [-0.4, -0.2) is 54.0 Å². The first-order valence-electron chi connectivity index (χ1n) is 6.12. The normalized spacial score (nSPS) is 12.5. The zero-order valence-electron chi connectivity index (χ0n) is 11.9. The van der Waals surface area contributed by atoms with Gasteiger partial charge in [0.25, 0.3) is 0 Å². The van der Waals surface area contributed by atoms with E-state index in [9.17, 15) is 9.59 Å². The molecule has 1 aromatic heterocycles. The fraction of sp³-hybridized carbons (Fsp3) is 0.545. The van der Waals surface area contributed by atoms with Crippen molar-refractivity contribution in [2.75, 3.05) is 5.73 Å². The summed E-state index contributed by atoms with van der Waals surface area (Å²) in [6, 6.07) is 0. The summed E-state index contributed by atoms with van der Waals surface area (Å²) in [5, 5.41) is 30.2. The molecule has 0 saturated heterocycles. The summed E-state index contributed by atoms with van der Waals surface area (Å²) in [7, 11) is 0. The Bertz CT molecular complexity index is 583. The van der Waals surface area contributed by atoms with Crippen LogP contribution in [0.25, 0.3) is 0 Å². The van der Waals surface area contributed by atoms with E-state index in [0.717, 1.165) is 11.5 Å². The number of Topliss-reactive ketones (excluding diaryl/α,β-unsaturated/α-hetero) is 1. The van der Waals surface area contributed by atoms with Crippen molar-refractivity contribution in [2.45, 2.75) is 38.6 Å². The minimum absolute atomic E-state index is 0.0928. The molecule has 0 radical (unpaired) electrons. The molecule has 0 aliphatic rings. The average molecular weight is 332 g/mol. The molecule has 5 N–H and O–H groups in total. The number of carboxylic acid groups (broad SMARTS) is 1. The van der Waals surface area contributed by atoms with Gasteiger partial charge in [0, 0.05) is 24.4 Å². The van der Waals surface area contributed by atoms with Gasteiger partial charge >= 0.3 is 5.97 Å². The highest BCUT2D eigenvalue weighted by atomic mass is 32.1. The number of aromatic nitrogens is 2. The number of nitrogens with two attached hydrogens (primary N) is 1. The van der Waals surface area contributed by atoms with E-state index in [-0.39, 0.29) is 29.5 Å². The molecule has 0 atom stereocenters. The van der Waals surface area contributed by atoms with Gasteiger partial charge in [0.15, 0.2) is 22.9 Å². The fourth-order valence-corrected chi connectivity index (χ4v) is 1.56. The van der Waals surface area contributed by atoms with E-state index < -0.39 is 23.6 Å². The molecule has 0 saturated carbocycles. The van der Waals surface area contributed by atoms with Crippen LogP contribution in [0.3, 0.4) is 0 Å². The number of hydrogen-bond donors (Lipinski definition) is 4. The SMILES string of the molecule is CC(C)(O/N=C(\C(=O)CCC(O)O)c1nsc(N)n1)C(=O)O. The van der Waals surface area contributed by atoms with Crippen molar-refractivity contribution in [3.8, 4) is 0 Å². The Morgan fingerprint density at radius 2 is 2.09 bits per heavy atom. The molecule has 0 aromatic carbocycles. The molecule has 0 spiro atoms. The number of aliphatic hydroxyl groups excluding tert-OH is 1. The Kier molecular flexibility index (Phi) is 5.91. The van der Waals surface area contributed by atoms with Crippen molar-refractivity contribution >= 4 is 34.1 Å². The minimum atomic E-state index is -1.66. The van der Waals surface area contributed by atoms with Gasteiger partial charge in [-0.05, 0) is 13.8 Å². The number of carbonyl (C=O) groups is 2. The number of aliphatic hydroxyl groups is 2. The van der Waals surface area contributed by atoms with E-state index >= 15 is 0 Å². The molecule has 0 fully saturated rings. The van der Waals surface area contributed by atoms with E-state index in [1.54, 1.807) is 0 Å². The number of nitrogens with zero attached hydrogens (tertiary/aromatic N) is 3. The molecule has 122 valence electrons. The maximum absolute atomic E-state index is 12.0. The Hall–Kier alpha value is -2.11. The molecule has 10 nitrogen and oxygen atoms in total. The predicted molar refractivity (Wildman–Crippen MR) is 76.1 cm³/mol. The van der Waals surface area contributed by atoms with Crippen LogP contribution in [0.15, 0.2) is 5.16 Å². The van der Waals surface area contributed by atoms with E-state index in [0.29, 0.717) is 0 Å². The number of carboxylic acids is 1. The van der Waals surface area contributed by atoms with Crippen LogP contribution in [0.4, 0.5) is 5.13 Å². The number of ketones is 1. The van der Waals surface area contributed by atoms with E-state index in [1.165, 1.54) is 13.8 Å². The van der Waals surface area contributed by atoms with Crippen molar-refractivity contribution in [2.24, 2.45) is 5.16 Å². The van der Waals surface area contributed by atoms with Gasteiger partial charge in [-0.3, -0.25) is 4.79 Å². The number of carbonyl (C=O) groups excluding carboxylic acids is 1. The van der Waals surface area contributed by atoms with Crippen LogP contribution in [0.5, 0.6) is 0 Å². The summed E-state index contributed by atoms with van der Waals surface area (Å²) in [4.78, 5) is 31.7. The lowest BCUT2D eigenvalue weighted by molar-refractivity contribution is -0.161. The second-order valence-corrected chi connectivity index (χ2v) is 5.53. The van der Waals surface area contributed by atoms with E-state index in [1.807, 2.05) is 0 Å². The summed E-state index contributed by atoms with van der Waals surface area (Å²) in [6.45, 7) is 2.50. The van der Waals surface area contributed by atoms with Crippen LogP contribution in [0.2, 0.25) is 0 Å². The topological polar surface area (TPSA) is 168 Å². The van der Waals surface area contributed by atoms with Crippen LogP contribution in [-0.2, 0) is 14.4 Å². The number of hydrogen-bond acceptors (Lipinski definition) is 10. The van der Waals surface area contributed by atoms with Crippen molar-refractivity contribution in [1.29, 1.82) is 0 Å². The third-order valence-corrected chi connectivity index (χ3v) is 2.97. The van der Waals surface area contributed by atoms with Crippen LogP contribution < -0.4 is 5.73 Å². The molecule has 11 heteroatoms. The lowest BCUT2D eigenvalue weighted by Crippen LogP contribution is -2.34. The van der Waals surface area contributed by atoms with Gasteiger partial charge in [0.05, 0.1) is 0 Å². The number of oxime groups is 1. The average Bonchev–Trinajstić information content (AvgIpc) is 2.82. The molecule has 0 amide bonds. The maximum atomic E-state index is 12.0. The first-order valence-corrected chi connectivity index (χ1v) is 6.89. The smallest absolute Gasteiger partial charge is 0.350 e. The predicted octanol–water partition coefficient (Wildman–Crippen LogP) is -0.636. The number of aliphatic carboxylic acids is 1. The number of rotatable bonds is 8. The van der Waals surface area contributed by atoms with Gasteiger partial charge in [-0.2, -0.15) is 9.36 Å². The zero-order valence-corrected chi connectivity index (χ0v) is 12.7. The van der Waals surface area contributed by atoms with Crippen molar-refractivity contribution in [3.63, 3.8) is 0 Å². The molecule has 0 aliphatic carbocycles. The largest absolute Gasteiger partial charge is 0.478 e. The summed E-state index contributed by atoms with van der Waals surface area (Å²) in [6.07, 6.45) is -2.14. The van der Waals surface area contributed by atoms with Crippen LogP contribution >= 0.6 is 11.5 Å². The van der Waals surface area contributed by atoms with Crippen LogP contribution in [0.1, 0.15) is 32.5 Å². The molecule has 0 unspecified atom stereocenters. The number of anilines is 1. The highest BCUT2D eigenvalue weighted by Gasteiger charge is 2.31. The fourth-order valence-electron chi connectivity index (χ4n) is 1.13. The third-order valence-electron chi connectivity index (χ3n) is 2.43. The highest BCUT2D eigenvalue weighted by molar-refractivity contribution is 7.09. The van der Waals surface area contributed by atoms with Crippen molar-refractivity contribution in [1.82, 2.24) is 9.36 Å². The first kappa shape index (κ1) is 17.9. The second-order valence-electron chi connectivity index (χ2n) is 4.75. The molecule has 1 rings (SSSR count). The second kappa shape index (κ2) is 7.24. The van der Waals surface area contributed by atoms with Crippen molar-refractivity contribution < 1.29 is 29.7 Å². The summed E-state index contributed by atoms with van der Waals surface area (Å²) in [5.41, 5.74) is 3.44. The van der Waals surface area contributed by atoms with Gasteiger partial charge < -0.3 is 25.9 Å². The van der Waals surface area contributed by atoms with Gasteiger partial charge in [0.1, 0.15) is 0 Å². The lowest BCUT2D eigenvalue weighted by atomic mass is 10.1. The molecule has 22 heavy (non-hydrogen) atoms.